The summed E-state index contributed by atoms with van der Waals surface area (Å²) < 4.78 is 45.7. The van der Waals surface area contributed by atoms with E-state index in [0.717, 1.165) is 129 Å². The molecule has 4 amide bonds. The van der Waals surface area contributed by atoms with Crippen molar-refractivity contribution >= 4 is 56.1 Å². The maximum Gasteiger partial charge on any atom is 0.407 e. The molecule has 0 saturated heterocycles. The van der Waals surface area contributed by atoms with Gasteiger partial charge in [0.2, 0.25) is 23.4 Å². The van der Waals surface area contributed by atoms with Crippen molar-refractivity contribution in [2.24, 2.45) is 41.4 Å². The van der Waals surface area contributed by atoms with Crippen LogP contribution in [0.15, 0.2) is 54.7 Å². The smallest absolute Gasteiger partial charge is 0.407 e. The van der Waals surface area contributed by atoms with E-state index < -0.39 is 19.8 Å². The van der Waals surface area contributed by atoms with E-state index in [-0.39, 0.29) is 85.4 Å². The number of aldehydes is 1. The van der Waals surface area contributed by atoms with Gasteiger partial charge in [-0.15, -0.1) is 20.4 Å². The van der Waals surface area contributed by atoms with E-state index in [1.54, 1.807) is 16.4 Å². The summed E-state index contributed by atoms with van der Waals surface area (Å²) >= 11 is 0. The van der Waals surface area contributed by atoms with Gasteiger partial charge < -0.3 is 35.4 Å². The SMILES string of the molecule is CB=N.CC(C)Cn1cc(C(C)C)nn1.CC(C)Cn1nnc2c1-c1ccccc1N(C(=O)CCC(=O)NC(C)C)Cc1ccccc1-2.CC(C)Cn1nnc2c1CCCCCC2(F)C(=O)CCCCCCC(=O)NC(C)C.CC(C)Cn1nnc2c1CC[C@H]1[C@@H](CC2)[C@H]1COC(=O)NC(C)C.O=CCF.[2H]B(C)O. The molecule has 602 valence electrons. The minimum atomic E-state index is -2.01. The average molecular weight is 1520 g/mol. The Kier molecular flexibility index (Phi) is 40.6. The monoisotopic (exact) mass is 1520 g/mol. The number of carbonyl (C=O) groups excluding carboxylic acids is 6. The first-order valence-corrected chi connectivity index (χ1v) is 39.6. The number of aromatic nitrogens is 12. The average Bonchev–Trinajstić information content (AvgIpc) is 1.55. The molecule has 5 N–H and O–H groups in total. The third-order valence-electron chi connectivity index (χ3n) is 18.2. The minimum Gasteiger partial charge on any atom is -0.454 e. The molecule has 4 atom stereocenters. The Labute approximate surface area is 649 Å². The molecule has 6 aromatic rings. The number of unbranched alkanes of at least 4 members (excludes halogenated alkanes) is 3. The fourth-order valence-corrected chi connectivity index (χ4v) is 13.4. The molecule has 10 rings (SSSR count). The van der Waals surface area contributed by atoms with E-state index >= 15 is 4.39 Å². The van der Waals surface area contributed by atoms with Gasteiger partial charge in [-0.25, -0.2) is 27.6 Å². The maximum atomic E-state index is 16.0. The Hall–Kier alpha value is -8.23. The number of Topliss-reactive ketones (excluding diaryl/α,β-unsaturated/α-hetero) is 1. The molecule has 2 aromatic carbocycles. The van der Waals surface area contributed by atoms with Gasteiger partial charge in [0.15, 0.2) is 12.1 Å². The van der Waals surface area contributed by atoms with Crippen molar-refractivity contribution in [1.82, 2.24) is 75.9 Å². The van der Waals surface area contributed by atoms with Crippen LogP contribution in [0.5, 0.6) is 0 Å². The topological polar surface area (TPSA) is 318 Å². The van der Waals surface area contributed by atoms with Crippen LogP contribution in [0.25, 0.3) is 22.5 Å². The predicted molar refractivity (Wildman–Crippen MR) is 427 cm³/mol. The van der Waals surface area contributed by atoms with Crippen molar-refractivity contribution < 1.29 is 47.3 Å². The van der Waals surface area contributed by atoms with Crippen molar-refractivity contribution in [1.29, 1.82) is 6.65 Å². The van der Waals surface area contributed by atoms with Crippen molar-refractivity contribution in [3.63, 3.8) is 0 Å². The standard InChI is InChI=1S/C26H31N5O2.C23H39FN4O2.C18H30N4O2.C9H17N3.C2H3FO.CH4BN.CH5BO/c1-17(2)15-31-26-21-11-7-8-12-22(21)30(24(33)14-13-23(32)27-18(3)4)16-19-9-5-6-10-20(19)25(26)28-29-31;1-17(2)16-28-19-12-8-7-11-15-23(24,22(19)26-27-28)20(29)13-9-5-6-10-14-21(30)25-18(3)4;1-11(2)9-22-17-8-6-14-13(5-7-16(17)20-21-22)15(14)10-24-18(23)19-12(3)4;1-7(2)5-12-6-9(8(3)4)10-11-12;3-1-2-4;2*1-2-3/h5-12,17-18H,13-16H2,1-4H3,(H,27,32);17-18H,5-16H2,1-4H3,(H,25,30);11-15H,5-10H2,1-4H3,(H,19,23);6-8H,5H2,1-4H3;2H,1H2;3H,1H3;2-3H,1H3/t;;13-,14+,15-;;;;/m..1..../s1/i;;;;;;2D. The number of alkyl carbamates (subject to hydrolysis) is 1. The summed E-state index contributed by atoms with van der Waals surface area (Å²) in [5, 5.41) is 56.6. The van der Waals surface area contributed by atoms with Gasteiger partial charge in [0, 0.05) is 88.6 Å². The molecule has 1 saturated carbocycles. The fraction of sp³-hybridized carbons (Fsp3) is 0.675. The molecule has 0 bridgehead atoms. The Bertz CT molecular complexity index is 3760. The number of nitrogens with one attached hydrogen (secondary N) is 4. The van der Waals surface area contributed by atoms with Gasteiger partial charge in [-0.1, -0.05) is 159 Å². The van der Waals surface area contributed by atoms with Crippen LogP contribution in [0.1, 0.15) is 241 Å². The van der Waals surface area contributed by atoms with Gasteiger partial charge in [0.05, 0.1) is 47.3 Å². The number of ether oxygens (including phenoxy) is 1. The van der Waals surface area contributed by atoms with E-state index in [4.69, 9.17) is 21.2 Å². The van der Waals surface area contributed by atoms with Crippen molar-refractivity contribution in [3.05, 3.63) is 88.8 Å². The summed E-state index contributed by atoms with van der Waals surface area (Å²) in [5.41, 5.74) is 8.11. The second kappa shape index (κ2) is 48.4. The predicted octanol–water partition coefficient (Wildman–Crippen LogP) is 14.0. The van der Waals surface area contributed by atoms with Gasteiger partial charge in [-0.3, -0.25) is 23.9 Å². The molecule has 5 heterocycles. The molecule has 1 fully saturated rings. The molecular weight excluding hydrogens is 1390 g/mol. The molecule has 0 radical (unpaired) electrons. The molecule has 1 unspecified atom stereocenters. The van der Waals surface area contributed by atoms with Gasteiger partial charge in [0.1, 0.15) is 18.1 Å². The molecule has 25 nitrogen and oxygen atoms in total. The van der Waals surface area contributed by atoms with Crippen LogP contribution in [0.4, 0.5) is 19.3 Å². The Morgan fingerprint density at radius 1 is 0.670 bits per heavy atom. The zero-order chi connectivity index (χ0) is 81.8. The largest absolute Gasteiger partial charge is 0.454 e. The third kappa shape index (κ3) is 31.2. The first kappa shape index (κ1) is 91.4. The summed E-state index contributed by atoms with van der Waals surface area (Å²) in [6.07, 6.45) is 14.0. The van der Waals surface area contributed by atoms with Crippen molar-refractivity contribution in [3.8, 4) is 22.5 Å². The number of amides is 4. The number of fused-ring (bicyclic) bond motifs is 8. The Balaban J connectivity index is 0.000000306. The summed E-state index contributed by atoms with van der Waals surface area (Å²) in [6, 6.07) is 16.3. The number of benzene rings is 2. The summed E-state index contributed by atoms with van der Waals surface area (Å²) in [4.78, 5) is 72.5. The first-order chi connectivity index (χ1) is 52.2. The quantitative estimate of drug-likeness (QED) is 0.0191. The van der Waals surface area contributed by atoms with Crippen LogP contribution in [-0.2, 0) is 86.4 Å². The molecule has 4 aromatic heterocycles. The van der Waals surface area contributed by atoms with Crippen LogP contribution >= 0.6 is 0 Å². The number of para-hydroxylation sites is 1. The number of rotatable bonds is 26. The van der Waals surface area contributed by atoms with E-state index in [0.29, 0.717) is 86.3 Å². The molecular formula is C80H129B2F2N17O8. The number of alkyl halides is 2. The van der Waals surface area contributed by atoms with Gasteiger partial charge >= 0.3 is 25.3 Å². The van der Waals surface area contributed by atoms with Crippen molar-refractivity contribution in [2.75, 3.05) is 18.2 Å². The van der Waals surface area contributed by atoms with E-state index in [1.165, 1.54) is 25.3 Å². The van der Waals surface area contributed by atoms with Gasteiger partial charge in [-0.05, 0) is 165 Å². The van der Waals surface area contributed by atoms with Crippen LogP contribution in [0, 0.1) is 46.7 Å². The van der Waals surface area contributed by atoms with E-state index in [2.05, 4.69) is 131 Å². The van der Waals surface area contributed by atoms with E-state index in [1.807, 2.05) is 106 Å². The first-order valence-electron chi connectivity index (χ1n) is 40.2. The number of hydrogen-bond donors (Lipinski definition) is 5. The fourth-order valence-electron chi connectivity index (χ4n) is 13.4. The number of aryl methyl sites for hydroxylation is 1. The summed E-state index contributed by atoms with van der Waals surface area (Å²) in [5.74, 6) is 3.87. The normalized spacial score (nSPS) is 16.7. The van der Waals surface area contributed by atoms with Crippen LogP contribution in [0.2, 0.25) is 13.6 Å². The van der Waals surface area contributed by atoms with Gasteiger partial charge in [-0.2, -0.15) is 0 Å². The number of ketones is 1. The maximum absolute atomic E-state index is 16.0. The number of hydrogen-bond acceptors (Lipinski definition) is 17. The molecule has 4 aliphatic rings. The number of carbonyl (C=O) groups is 6. The van der Waals surface area contributed by atoms with Crippen LogP contribution in [0.3, 0.4) is 0 Å². The van der Waals surface area contributed by atoms with Crippen LogP contribution in [-0.4, -0.2) is 148 Å². The molecule has 109 heavy (non-hydrogen) atoms. The van der Waals surface area contributed by atoms with Crippen molar-refractivity contribution in [2.45, 2.75) is 296 Å². The van der Waals surface area contributed by atoms with Gasteiger partial charge in [0.25, 0.3) is 7.45 Å². The Morgan fingerprint density at radius 3 is 1.78 bits per heavy atom. The molecule has 3 aliphatic carbocycles. The summed E-state index contributed by atoms with van der Waals surface area (Å²) in [6.45, 7) is 39.6. The third-order valence-corrected chi connectivity index (χ3v) is 18.2. The van der Waals surface area contributed by atoms with Crippen LogP contribution < -0.4 is 20.9 Å². The molecule has 29 heteroatoms. The summed E-state index contributed by atoms with van der Waals surface area (Å²) in [7, 11) is 0.333. The minimum absolute atomic E-state index is 0.0501. The van der Waals surface area contributed by atoms with E-state index in [9.17, 15) is 28.4 Å². The Morgan fingerprint density at radius 2 is 1.20 bits per heavy atom. The zero-order valence-electron chi connectivity index (χ0n) is 69.6. The second-order valence-corrected chi connectivity index (χ2v) is 31.4. The number of nitrogens with zero attached hydrogens (tertiary/aromatic N) is 13. The molecule has 0 spiro atoms. The zero-order valence-corrected chi connectivity index (χ0v) is 68.6. The number of halogens is 2. The number of anilines is 1. The second-order valence-electron chi connectivity index (χ2n) is 31.4. The molecule has 1 aliphatic heterocycles.